The van der Waals surface area contributed by atoms with Gasteiger partial charge in [-0.15, -0.1) is 0 Å². The summed E-state index contributed by atoms with van der Waals surface area (Å²) in [6.07, 6.45) is 0.0550. The summed E-state index contributed by atoms with van der Waals surface area (Å²) in [4.78, 5) is 33.7. The highest BCUT2D eigenvalue weighted by Crippen LogP contribution is 2.20. The number of benzene rings is 1. The summed E-state index contributed by atoms with van der Waals surface area (Å²) in [6, 6.07) is 4.66. The van der Waals surface area contributed by atoms with E-state index in [1.54, 1.807) is 6.07 Å². The van der Waals surface area contributed by atoms with Crippen molar-refractivity contribution in [3.63, 3.8) is 0 Å². The molecule has 5 N–H and O–H groups in total. The van der Waals surface area contributed by atoms with Crippen molar-refractivity contribution in [1.82, 2.24) is 16.1 Å². The molecule has 1 aliphatic rings. The number of hydroxylamine groups is 1. The van der Waals surface area contributed by atoms with Crippen molar-refractivity contribution in [1.29, 1.82) is 0 Å². The molecular weight excluding hydrogens is 296 g/mol. The molecule has 9 heteroatoms. The molecule has 0 saturated heterocycles. The highest BCUT2D eigenvalue weighted by molar-refractivity contribution is 7.80. The Morgan fingerprint density at radius 1 is 1.24 bits per heavy atom. The Bertz CT molecular complexity index is 632. The van der Waals surface area contributed by atoms with Crippen molar-refractivity contribution in [3.8, 4) is 0 Å². The lowest BCUT2D eigenvalue weighted by molar-refractivity contribution is -0.129. The molecule has 0 radical (unpaired) electrons. The predicted octanol–water partition coefficient (Wildman–Crippen LogP) is -0.248. The minimum absolute atomic E-state index is 0.0550. The van der Waals surface area contributed by atoms with Crippen LogP contribution in [-0.4, -0.2) is 34.6 Å². The molecule has 0 spiro atoms. The summed E-state index contributed by atoms with van der Waals surface area (Å²) in [7, 11) is 0. The molecule has 3 amide bonds. The van der Waals surface area contributed by atoms with E-state index in [-0.39, 0.29) is 23.6 Å². The Balaban J connectivity index is 1.93. The van der Waals surface area contributed by atoms with E-state index in [0.29, 0.717) is 11.3 Å². The number of imide groups is 1. The maximum atomic E-state index is 11.5. The number of anilines is 1. The molecule has 2 rings (SSSR count). The van der Waals surface area contributed by atoms with E-state index in [2.05, 4.69) is 16.0 Å². The summed E-state index contributed by atoms with van der Waals surface area (Å²) >= 11 is 5.02. The average Bonchev–Trinajstić information content (AvgIpc) is 2.73. The average molecular weight is 308 g/mol. The van der Waals surface area contributed by atoms with Crippen LogP contribution < -0.4 is 21.4 Å². The number of fused-ring (bicyclic) bond motifs is 1. The normalized spacial score (nSPS) is 12.4. The van der Waals surface area contributed by atoms with Crippen molar-refractivity contribution in [3.05, 3.63) is 29.3 Å². The maximum absolute atomic E-state index is 11.5. The summed E-state index contributed by atoms with van der Waals surface area (Å²) in [6.45, 7) is 0.238. The highest BCUT2D eigenvalue weighted by atomic mass is 32.1. The molecule has 0 unspecified atom stereocenters. The number of thiocarbonyl (C=S) groups is 1. The Morgan fingerprint density at radius 3 is 2.67 bits per heavy atom. The van der Waals surface area contributed by atoms with Crippen LogP contribution in [0, 0.1) is 0 Å². The van der Waals surface area contributed by atoms with Crippen LogP contribution in [0.5, 0.6) is 0 Å². The Kier molecular flexibility index (Phi) is 4.45. The van der Waals surface area contributed by atoms with Crippen LogP contribution in [-0.2, 0) is 4.79 Å². The van der Waals surface area contributed by atoms with Crippen molar-refractivity contribution in [2.75, 3.05) is 11.9 Å². The first kappa shape index (κ1) is 14.9. The summed E-state index contributed by atoms with van der Waals surface area (Å²) < 4.78 is 0. The smallest absolute Gasteiger partial charge is 0.259 e. The van der Waals surface area contributed by atoms with Crippen molar-refractivity contribution >= 4 is 40.7 Å². The topological polar surface area (TPSA) is 120 Å². The number of carbonyl (C=O) groups excluding carboxylic acids is 3. The number of hydrogen-bond donors (Lipinski definition) is 5. The first-order valence-electron chi connectivity index (χ1n) is 5.99. The fourth-order valence-electron chi connectivity index (χ4n) is 1.77. The van der Waals surface area contributed by atoms with Gasteiger partial charge in [0, 0.05) is 18.7 Å². The Labute approximate surface area is 124 Å². The van der Waals surface area contributed by atoms with Gasteiger partial charge in [0.05, 0.1) is 11.1 Å². The summed E-state index contributed by atoms with van der Waals surface area (Å²) in [5, 5.41) is 16.4. The number of carbonyl (C=O) groups is 3. The largest absolute Gasteiger partial charge is 0.362 e. The van der Waals surface area contributed by atoms with Gasteiger partial charge < -0.3 is 10.6 Å². The van der Waals surface area contributed by atoms with Gasteiger partial charge in [0.15, 0.2) is 5.11 Å². The van der Waals surface area contributed by atoms with Gasteiger partial charge in [-0.2, -0.15) is 0 Å². The zero-order chi connectivity index (χ0) is 15.4. The second kappa shape index (κ2) is 6.29. The van der Waals surface area contributed by atoms with Crippen LogP contribution in [0.25, 0.3) is 0 Å². The first-order valence-corrected chi connectivity index (χ1v) is 6.39. The van der Waals surface area contributed by atoms with Gasteiger partial charge in [0.25, 0.3) is 11.8 Å². The molecule has 8 nitrogen and oxygen atoms in total. The molecule has 110 valence electrons. The number of amides is 3. The fourth-order valence-corrected chi connectivity index (χ4v) is 1.99. The monoisotopic (exact) mass is 308 g/mol. The number of hydrogen-bond acceptors (Lipinski definition) is 5. The molecule has 0 bridgehead atoms. The molecule has 21 heavy (non-hydrogen) atoms. The van der Waals surface area contributed by atoms with Crippen LogP contribution >= 0.6 is 12.2 Å². The van der Waals surface area contributed by atoms with Gasteiger partial charge in [-0.25, -0.2) is 5.48 Å². The van der Waals surface area contributed by atoms with Crippen LogP contribution in [0.3, 0.4) is 0 Å². The van der Waals surface area contributed by atoms with Gasteiger partial charge in [0.1, 0.15) is 0 Å². The van der Waals surface area contributed by atoms with Crippen LogP contribution in [0.4, 0.5) is 5.69 Å². The standard InChI is InChI=1S/C12H12N4O4S/c17-9(16-20)3-4-13-12(21)14-6-1-2-7-8(5-6)11(19)15-10(7)18/h1-2,5,20H,3-4H2,(H,16,17)(H2,13,14,21)(H,15,18,19). The Hall–Kier alpha value is -2.52. The van der Waals surface area contributed by atoms with Gasteiger partial charge >= 0.3 is 0 Å². The fraction of sp³-hybridized carbons (Fsp3) is 0.167. The number of rotatable bonds is 4. The molecule has 0 aliphatic carbocycles. The second-order valence-corrected chi connectivity index (χ2v) is 4.62. The summed E-state index contributed by atoms with van der Waals surface area (Å²) in [5.74, 6) is -1.40. The van der Waals surface area contributed by atoms with Crippen molar-refractivity contribution in [2.24, 2.45) is 0 Å². The summed E-state index contributed by atoms with van der Waals surface area (Å²) in [5.41, 5.74) is 2.66. The third kappa shape index (κ3) is 3.52. The van der Waals surface area contributed by atoms with E-state index in [4.69, 9.17) is 17.4 Å². The van der Waals surface area contributed by atoms with Gasteiger partial charge in [-0.1, -0.05) is 0 Å². The molecule has 1 aromatic carbocycles. The zero-order valence-electron chi connectivity index (χ0n) is 10.7. The van der Waals surface area contributed by atoms with E-state index in [9.17, 15) is 14.4 Å². The van der Waals surface area contributed by atoms with Crippen molar-refractivity contribution in [2.45, 2.75) is 6.42 Å². The zero-order valence-corrected chi connectivity index (χ0v) is 11.5. The van der Waals surface area contributed by atoms with E-state index in [1.807, 2.05) is 0 Å². The third-order valence-electron chi connectivity index (χ3n) is 2.76. The lowest BCUT2D eigenvalue weighted by Gasteiger charge is -2.10. The quantitative estimate of drug-likeness (QED) is 0.225. The van der Waals surface area contributed by atoms with Crippen LogP contribution in [0.2, 0.25) is 0 Å². The molecule has 0 saturated carbocycles. The van der Waals surface area contributed by atoms with E-state index >= 15 is 0 Å². The molecule has 0 fully saturated rings. The SMILES string of the molecule is O=C(CCNC(=S)Nc1ccc2c(c1)C(=O)NC2=O)NO. The van der Waals surface area contributed by atoms with E-state index in [0.717, 1.165) is 0 Å². The molecule has 1 aliphatic heterocycles. The highest BCUT2D eigenvalue weighted by Gasteiger charge is 2.26. The van der Waals surface area contributed by atoms with Crippen molar-refractivity contribution < 1.29 is 19.6 Å². The minimum atomic E-state index is -0.530. The first-order chi connectivity index (χ1) is 10.0. The van der Waals surface area contributed by atoms with E-state index in [1.165, 1.54) is 17.6 Å². The molecule has 1 heterocycles. The lowest BCUT2D eigenvalue weighted by Crippen LogP contribution is -2.32. The Morgan fingerprint density at radius 2 is 1.95 bits per heavy atom. The van der Waals surface area contributed by atoms with Gasteiger partial charge in [0.2, 0.25) is 5.91 Å². The molecule has 0 aromatic heterocycles. The minimum Gasteiger partial charge on any atom is -0.362 e. The van der Waals surface area contributed by atoms with Gasteiger partial charge in [-0.05, 0) is 30.4 Å². The lowest BCUT2D eigenvalue weighted by atomic mass is 10.1. The van der Waals surface area contributed by atoms with E-state index < -0.39 is 17.7 Å². The van der Waals surface area contributed by atoms with Crippen LogP contribution in [0.1, 0.15) is 27.1 Å². The van der Waals surface area contributed by atoms with Gasteiger partial charge in [-0.3, -0.25) is 24.9 Å². The number of nitrogens with one attached hydrogen (secondary N) is 4. The predicted molar refractivity (Wildman–Crippen MR) is 77.0 cm³/mol. The molecule has 0 atom stereocenters. The molecule has 1 aromatic rings. The maximum Gasteiger partial charge on any atom is 0.259 e. The molecular formula is C12H12N4O4S. The second-order valence-electron chi connectivity index (χ2n) is 4.21. The third-order valence-corrected chi connectivity index (χ3v) is 3.00. The van der Waals surface area contributed by atoms with Crippen LogP contribution in [0.15, 0.2) is 18.2 Å².